The highest BCUT2D eigenvalue weighted by atomic mass is 16.7. The van der Waals surface area contributed by atoms with E-state index >= 15 is 0 Å². The number of methoxy groups -OCH3 is 1. The van der Waals surface area contributed by atoms with Gasteiger partial charge in [-0.3, -0.25) is 14.4 Å². The molecule has 0 radical (unpaired) electrons. The number of rotatable bonds is 15. The predicted molar refractivity (Wildman–Crippen MR) is 221 cm³/mol. The monoisotopic (exact) mass is 768 g/mol. The Morgan fingerprint density at radius 2 is 1.77 bits per heavy atom. The van der Waals surface area contributed by atoms with E-state index < -0.39 is 24.2 Å². The molecule has 0 aromatic heterocycles. The molecule has 4 fully saturated rings. The SMILES string of the molecule is COc1c(CN2O[C@@H](CO)[C@H]([C@H](C)O)[C@H]2C(=O)N[C@H]2C[C@H]3C[C@@H]([C@@H]2C)C3(C)C)cccc1-c1cc(C(=O)NC(Cc2ccccc2)CC(C)C)cc(N(C)C)c1. The van der Waals surface area contributed by atoms with E-state index in [0.29, 0.717) is 35.0 Å². The molecule has 1 aliphatic heterocycles. The Labute approximate surface area is 333 Å². The molecule has 2 amide bonds. The van der Waals surface area contributed by atoms with Gasteiger partial charge in [-0.2, -0.15) is 5.06 Å². The van der Waals surface area contributed by atoms with Crippen LogP contribution in [0.2, 0.25) is 0 Å². The smallest absolute Gasteiger partial charge is 0.251 e. The van der Waals surface area contributed by atoms with E-state index in [1.54, 1.807) is 19.1 Å². The third kappa shape index (κ3) is 8.64. The number of hydroxylamine groups is 2. The van der Waals surface area contributed by atoms with E-state index in [1.165, 1.54) is 12.0 Å². The second kappa shape index (κ2) is 17.3. The van der Waals surface area contributed by atoms with Crippen LogP contribution < -0.4 is 20.3 Å². The van der Waals surface area contributed by atoms with Crippen LogP contribution in [0.15, 0.2) is 66.7 Å². The summed E-state index contributed by atoms with van der Waals surface area (Å²) in [6, 6.07) is 21.1. The molecular weight excluding hydrogens is 705 g/mol. The summed E-state index contributed by atoms with van der Waals surface area (Å²) in [5.74, 6) is 1.47. The van der Waals surface area contributed by atoms with Gasteiger partial charge in [-0.25, -0.2) is 0 Å². The standard InChI is InChI=1S/C46H64N4O6/c1-27(2)18-35(19-30-14-11-10-12-15-30)47-44(53)33-20-32(21-36(22-33)49(7)8)37-17-13-16-31(43(37)55-9)25-50-42(41(29(4)52)40(26-51)56-50)45(54)48-39-24-34-23-38(28(39)3)46(34,5)6/h10-17,20-22,27-29,34-35,38-42,51-52H,18-19,23-26H2,1-9H3,(H,47,53)(H,48,54)/t28-,29-,34+,35?,38-,39-,40-,41-,42-/m0/s1. The molecule has 0 spiro atoms. The first-order chi connectivity index (χ1) is 26.6. The number of hydrogen-bond acceptors (Lipinski definition) is 8. The van der Waals surface area contributed by atoms with Crippen molar-refractivity contribution in [3.05, 3.63) is 83.4 Å². The summed E-state index contributed by atoms with van der Waals surface area (Å²) < 4.78 is 6.12. The van der Waals surface area contributed by atoms with Crippen molar-refractivity contribution in [1.29, 1.82) is 0 Å². The molecule has 1 saturated heterocycles. The quantitative estimate of drug-likeness (QED) is 0.139. The molecule has 7 rings (SSSR count). The lowest BCUT2D eigenvalue weighted by atomic mass is 9.45. The Morgan fingerprint density at radius 1 is 1.04 bits per heavy atom. The third-order valence-electron chi connectivity index (χ3n) is 13.1. The second-order valence-corrected chi connectivity index (χ2v) is 17.9. The molecule has 9 atom stereocenters. The van der Waals surface area contributed by atoms with Gasteiger partial charge in [0.15, 0.2) is 0 Å². The highest BCUT2D eigenvalue weighted by molar-refractivity contribution is 5.97. The summed E-state index contributed by atoms with van der Waals surface area (Å²) in [4.78, 5) is 36.6. The van der Waals surface area contributed by atoms with Gasteiger partial charge in [0.05, 0.1) is 26.4 Å². The van der Waals surface area contributed by atoms with Crippen molar-refractivity contribution in [2.24, 2.45) is 35.0 Å². The van der Waals surface area contributed by atoms with Crippen molar-refractivity contribution in [2.45, 2.75) is 104 Å². The lowest BCUT2D eigenvalue weighted by molar-refractivity contribution is -0.183. The van der Waals surface area contributed by atoms with Crippen molar-refractivity contribution in [3.63, 3.8) is 0 Å². The number of ether oxygens (including phenoxy) is 1. The maximum atomic E-state index is 14.3. The summed E-state index contributed by atoms with van der Waals surface area (Å²) in [5.41, 5.74) is 5.23. The maximum absolute atomic E-state index is 14.3. The van der Waals surface area contributed by atoms with Crippen LogP contribution in [0.1, 0.15) is 82.3 Å². The Morgan fingerprint density at radius 3 is 2.38 bits per heavy atom. The van der Waals surface area contributed by atoms with Crippen LogP contribution in [-0.2, 0) is 22.6 Å². The molecule has 10 heteroatoms. The Bertz CT molecular complexity index is 1830. The van der Waals surface area contributed by atoms with Crippen molar-refractivity contribution in [2.75, 3.05) is 32.7 Å². The zero-order chi connectivity index (χ0) is 40.5. The molecule has 4 N–H and O–H groups in total. The topological polar surface area (TPSA) is 124 Å². The molecule has 10 nitrogen and oxygen atoms in total. The number of carbonyl (C=O) groups excluding carboxylic acids is 2. The van der Waals surface area contributed by atoms with Gasteiger partial charge in [0, 0.05) is 54.5 Å². The van der Waals surface area contributed by atoms with Crippen LogP contribution in [0.4, 0.5) is 5.69 Å². The number of para-hydroxylation sites is 1. The minimum absolute atomic E-state index is 0.0353. The van der Waals surface area contributed by atoms with E-state index in [-0.39, 0.29) is 42.5 Å². The number of carbonyl (C=O) groups is 2. The first-order valence-corrected chi connectivity index (χ1v) is 20.5. The Balaban J connectivity index is 1.28. The normalized spacial score (nSPS) is 26.6. The number of nitrogens with zero attached hydrogens (tertiary/aromatic N) is 2. The largest absolute Gasteiger partial charge is 0.496 e. The number of aliphatic hydroxyl groups excluding tert-OH is 2. The highest BCUT2D eigenvalue weighted by Gasteiger charge is 2.57. The van der Waals surface area contributed by atoms with Crippen molar-refractivity contribution in [1.82, 2.24) is 15.7 Å². The molecule has 4 aliphatic rings. The fraction of sp³-hybridized carbons (Fsp3) is 0.565. The third-order valence-corrected chi connectivity index (χ3v) is 13.1. The number of aliphatic hydroxyl groups is 2. The molecule has 304 valence electrons. The number of anilines is 1. The summed E-state index contributed by atoms with van der Waals surface area (Å²) in [5, 5.41) is 29.7. The van der Waals surface area contributed by atoms with E-state index in [2.05, 4.69) is 57.4 Å². The number of hydrogen-bond donors (Lipinski definition) is 4. The Hall–Kier alpha value is -3.96. The van der Waals surface area contributed by atoms with E-state index in [4.69, 9.17) is 9.57 Å². The van der Waals surface area contributed by atoms with Crippen molar-refractivity contribution >= 4 is 17.5 Å². The van der Waals surface area contributed by atoms with Gasteiger partial charge < -0.3 is 30.5 Å². The summed E-state index contributed by atoms with van der Waals surface area (Å²) in [7, 11) is 5.53. The zero-order valence-corrected chi connectivity index (χ0v) is 34.8. The predicted octanol–water partition coefficient (Wildman–Crippen LogP) is 6.48. The Kier molecular flexibility index (Phi) is 12.8. The molecule has 3 aromatic carbocycles. The van der Waals surface area contributed by atoms with Gasteiger partial charge in [-0.1, -0.05) is 83.1 Å². The number of benzene rings is 3. The minimum Gasteiger partial charge on any atom is -0.496 e. The maximum Gasteiger partial charge on any atom is 0.251 e. The van der Waals surface area contributed by atoms with Gasteiger partial charge in [-0.05, 0) is 91.0 Å². The average Bonchev–Trinajstić information content (AvgIpc) is 3.53. The lowest BCUT2D eigenvalue weighted by Gasteiger charge is -2.62. The van der Waals surface area contributed by atoms with E-state index in [0.717, 1.165) is 41.6 Å². The minimum atomic E-state index is -0.900. The van der Waals surface area contributed by atoms with Crippen LogP contribution in [0.3, 0.4) is 0 Å². The second-order valence-electron chi connectivity index (χ2n) is 17.9. The molecule has 3 aliphatic carbocycles. The fourth-order valence-electron chi connectivity index (χ4n) is 9.92. The van der Waals surface area contributed by atoms with Gasteiger partial charge in [-0.15, -0.1) is 0 Å². The lowest BCUT2D eigenvalue weighted by Crippen LogP contribution is -2.62. The van der Waals surface area contributed by atoms with Crippen LogP contribution in [0, 0.1) is 35.0 Å². The van der Waals surface area contributed by atoms with Crippen LogP contribution in [-0.4, -0.2) is 85.2 Å². The fourth-order valence-corrected chi connectivity index (χ4v) is 9.92. The highest BCUT2D eigenvalue weighted by Crippen LogP contribution is 2.61. The molecule has 56 heavy (non-hydrogen) atoms. The molecule has 1 heterocycles. The van der Waals surface area contributed by atoms with E-state index in [1.807, 2.05) is 73.6 Å². The van der Waals surface area contributed by atoms with Crippen molar-refractivity contribution < 1.29 is 29.4 Å². The summed E-state index contributed by atoms with van der Waals surface area (Å²) >= 11 is 0. The van der Waals surface area contributed by atoms with Crippen LogP contribution in [0.5, 0.6) is 5.75 Å². The van der Waals surface area contributed by atoms with E-state index in [9.17, 15) is 19.8 Å². The first-order valence-electron chi connectivity index (χ1n) is 20.5. The average molecular weight is 769 g/mol. The van der Waals surface area contributed by atoms with Crippen molar-refractivity contribution in [3.8, 4) is 16.9 Å². The number of fused-ring (bicyclic) bond motifs is 2. The molecule has 1 unspecified atom stereocenters. The molecule has 3 aromatic rings. The van der Waals surface area contributed by atoms with Gasteiger partial charge in [0.1, 0.15) is 17.9 Å². The molecule has 3 saturated carbocycles. The molecular formula is C46H64N4O6. The number of nitrogens with one attached hydrogen (secondary N) is 2. The first kappa shape index (κ1) is 41.7. The number of amides is 2. The zero-order valence-electron chi connectivity index (χ0n) is 34.8. The summed E-state index contributed by atoms with van der Waals surface area (Å²) in [6.07, 6.45) is 2.07. The summed E-state index contributed by atoms with van der Waals surface area (Å²) in [6.45, 7) is 12.7. The molecule has 2 bridgehead atoms. The van der Waals surface area contributed by atoms with Gasteiger partial charge in [0.2, 0.25) is 5.91 Å². The van der Waals surface area contributed by atoms with Crippen LogP contribution in [0.25, 0.3) is 11.1 Å². The van der Waals surface area contributed by atoms with Gasteiger partial charge in [0.25, 0.3) is 5.91 Å². The van der Waals surface area contributed by atoms with Crippen LogP contribution >= 0.6 is 0 Å². The van der Waals surface area contributed by atoms with Gasteiger partial charge >= 0.3 is 0 Å².